The van der Waals surface area contributed by atoms with Gasteiger partial charge in [-0.05, 0) is 19.8 Å². The van der Waals surface area contributed by atoms with Gasteiger partial charge in [-0.2, -0.15) is 0 Å². The Kier molecular flexibility index (Phi) is 3.94. The first kappa shape index (κ1) is 12.6. The Labute approximate surface area is 95.4 Å². The van der Waals surface area contributed by atoms with E-state index in [0.717, 1.165) is 12.8 Å². The quantitative estimate of drug-likeness (QED) is 0.703. The molecule has 0 aromatic rings. The Morgan fingerprint density at radius 3 is 2.50 bits per heavy atom. The van der Waals surface area contributed by atoms with Crippen LogP contribution in [0.15, 0.2) is 0 Å². The van der Waals surface area contributed by atoms with Gasteiger partial charge in [-0.1, -0.05) is 18.8 Å². The summed E-state index contributed by atoms with van der Waals surface area (Å²) >= 11 is 0. The summed E-state index contributed by atoms with van der Waals surface area (Å²) in [4.78, 5) is 22.8. The second-order valence-electron chi connectivity index (χ2n) is 4.43. The predicted molar refractivity (Wildman–Crippen MR) is 59.6 cm³/mol. The number of carbonyl (C=O) groups excluding carboxylic acids is 1. The summed E-state index contributed by atoms with van der Waals surface area (Å²) < 4.78 is 0. The maximum atomic E-state index is 11.6. The monoisotopic (exact) mass is 223 g/mol. The maximum absolute atomic E-state index is 11.6. The Morgan fingerprint density at radius 2 is 2.06 bits per heavy atom. The normalized spacial score (nSPS) is 19.8. The van der Waals surface area contributed by atoms with Crippen molar-refractivity contribution in [3.63, 3.8) is 0 Å². The Bertz CT molecular complexity index is 324. The molecule has 4 nitrogen and oxygen atoms in total. The minimum Gasteiger partial charge on any atom is -0.481 e. The van der Waals surface area contributed by atoms with Crippen molar-refractivity contribution in [2.45, 2.75) is 45.1 Å². The van der Waals surface area contributed by atoms with Crippen molar-refractivity contribution >= 4 is 11.9 Å². The van der Waals surface area contributed by atoms with Crippen molar-refractivity contribution in [2.75, 3.05) is 0 Å². The molecule has 1 unspecified atom stereocenters. The molecule has 0 aliphatic heterocycles. The minimum absolute atomic E-state index is 0.0361. The van der Waals surface area contributed by atoms with Gasteiger partial charge in [0.1, 0.15) is 0 Å². The number of carbonyl (C=O) groups is 2. The lowest BCUT2D eigenvalue weighted by Gasteiger charge is -2.23. The third-order valence-corrected chi connectivity index (χ3v) is 3.14. The number of carboxylic acids is 1. The van der Waals surface area contributed by atoms with Crippen molar-refractivity contribution in [2.24, 2.45) is 5.41 Å². The van der Waals surface area contributed by atoms with Crippen LogP contribution in [0.5, 0.6) is 0 Å². The number of rotatable bonds is 4. The van der Waals surface area contributed by atoms with Gasteiger partial charge in [0.15, 0.2) is 0 Å². The van der Waals surface area contributed by atoms with Gasteiger partial charge in [-0.15, -0.1) is 6.42 Å². The van der Waals surface area contributed by atoms with Crippen LogP contribution in [0.25, 0.3) is 0 Å². The van der Waals surface area contributed by atoms with Gasteiger partial charge in [0.25, 0.3) is 0 Å². The first-order chi connectivity index (χ1) is 7.50. The fourth-order valence-electron chi connectivity index (χ4n) is 2.16. The van der Waals surface area contributed by atoms with Gasteiger partial charge in [0.05, 0.1) is 11.5 Å². The van der Waals surface area contributed by atoms with Crippen LogP contribution in [0.4, 0.5) is 0 Å². The smallest absolute Gasteiger partial charge is 0.310 e. The molecule has 1 fully saturated rings. The molecule has 1 saturated carbocycles. The summed E-state index contributed by atoms with van der Waals surface area (Å²) in [5.41, 5.74) is -0.863. The van der Waals surface area contributed by atoms with Crippen molar-refractivity contribution in [3.05, 3.63) is 0 Å². The summed E-state index contributed by atoms with van der Waals surface area (Å²) in [5, 5.41) is 11.8. The van der Waals surface area contributed by atoms with Crippen LogP contribution in [-0.4, -0.2) is 23.0 Å². The molecule has 0 heterocycles. The van der Waals surface area contributed by atoms with E-state index in [4.69, 9.17) is 6.42 Å². The summed E-state index contributed by atoms with van der Waals surface area (Å²) in [6.07, 6.45) is 8.10. The lowest BCUT2D eigenvalue weighted by Crippen LogP contribution is -2.38. The van der Waals surface area contributed by atoms with E-state index in [0.29, 0.717) is 12.8 Å². The van der Waals surface area contributed by atoms with E-state index < -0.39 is 11.4 Å². The molecule has 4 heteroatoms. The van der Waals surface area contributed by atoms with Crippen LogP contribution in [0.2, 0.25) is 0 Å². The number of amides is 1. The van der Waals surface area contributed by atoms with Crippen LogP contribution in [0.3, 0.4) is 0 Å². The minimum atomic E-state index is -0.867. The van der Waals surface area contributed by atoms with E-state index in [1.54, 1.807) is 6.92 Å². The van der Waals surface area contributed by atoms with Gasteiger partial charge in [0, 0.05) is 6.42 Å². The molecule has 1 aliphatic carbocycles. The topological polar surface area (TPSA) is 66.4 Å². The zero-order valence-electron chi connectivity index (χ0n) is 9.45. The van der Waals surface area contributed by atoms with Gasteiger partial charge in [0.2, 0.25) is 5.91 Å². The number of terminal acetylenes is 1. The van der Waals surface area contributed by atoms with Crippen LogP contribution >= 0.6 is 0 Å². The third kappa shape index (κ3) is 2.75. The molecule has 1 amide bonds. The van der Waals surface area contributed by atoms with Crippen LogP contribution in [0, 0.1) is 17.8 Å². The lowest BCUT2D eigenvalue weighted by molar-refractivity contribution is -0.151. The molecular weight excluding hydrogens is 206 g/mol. The second kappa shape index (κ2) is 5.02. The molecule has 16 heavy (non-hydrogen) atoms. The maximum Gasteiger partial charge on any atom is 0.310 e. The number of carboxylic acid groups (broad SMARTS) is 1. The van der Waals surface area contributed by atoms with E-state index in [1.807, 2.05) is 0 Å². The summed E-state index contributed by atoms with van der Waals surface area (Å²) in [7, 11) is 0. The predicted octanol–water partition coefficient (Wildman–Crippen LogP) is 1.16. The van der Waals surface area contributed by atoms with E-state index in [1.165, 1.54) is 0 Å². The highest BCUT2D eigenvalue weighted by molar-refractivity contribution is 5.85. The molecule has 88 valence electrons. The van der Waals surface area contributed by atoms with Gasteiger partial charge in [-0.25, -0.2) is 0 Å². The standard InChI is InChI=1S/C12H17NO3/c1-3-9(2)13-10(14)8-12(11(15)16)6-4-5-7-12/h1,9H,4-8H2,2H3,(H,13,14)(H,15,16). The average molecular weight is 223 g/mol. The average Bonchev–Trinajstić information content (AvgIpc) is 2.67. The number of aliphatic carboxylic acids is 1. The zero-order chi connectivity index (χ0) is 12.2. The molecule has 0 bridgehead atoms. The van der Waals surface area contributed by atoms with Crippen LogP contribution in [-0.2, 0) is 9.59 Å². The van der Waals surface area contributed by atoms with Crippen molar-refractivity contribution in [3.8, 4) is 12.3 Å². The molecule has 0 saturated heterocycles. The highest BCUT2D eigenvalue weighted by Crippen LogP contribution is 2.41. The summed E-state index contributed by atoms with van der Waals surface area (Å²) in [6, 6.07) is -0.347. The highest BCUT2D eigenvalue weighted by atomic mass is 16.4. The molecule has 0 spiro atoms. The molecular formula is C12H17NO3. The number of hydrogen-bond donors (Lipinski definition) is 2. The number of hydrogen-bond acceptors (Lipinski definition) is 2. The Balaban J connectivity index is 2.60. The SMILES string of the molecule is C#CC(C)NC(=O)CC1(C(=O)O)CCCC1. The van der Waals surface area contributed by atoms with Gasteiger partial charge >= 0.3 is 5.97 Å². The molecule has 1 atom stereocenters. The van der Waals surface area contributed by atoms with Crippen LogP contribution in [0.1, 0.15) is 39.0 Å². The van der Waals surface area contributed by atoms with E-state index >= 15 is 0 Å². The number of nitrogens with one attached hydrogen (secondary N) is 1. The van der Waals surface area contributed by atoms with E-state index in [-0.39, 0.29) is 18.4 Å². The van der Waals surface area contributed by atoms with Crippen molar-refractivity contribution in [1.29, 1.82) is 0 Å². The van der Waals surface area contributed by atoms with Gasteiger partial charge < -0.3 is 10.4 Å². The van der Waals surface area contributed by atoms with E-state index in [2.05, 4.69) is 11.2 Å². The first-order valence-corrected chi connectivity index (χ1v) is 5.49. The van der Waals surface area contributed by atoms with Crippen LogP contribution < -0.4 is 5.32 Å². The fraction of sp³-hybridized carbons (Fsp3) is 0.667. The molecule has 0 aromatic carbocycles. The Morgan fingerprint density at radius 1 is 1.50 bits per heavy atom. The molecule has 2 N–H and O–H groups in total. The Hall–Kier alpha value is -1.50. The van der Waals surface area contributed by atoms with Gasteiger partial charge in [-0.3, -0.25) is 9.59 Å². The molecule has 0 radical (unpaired) electrons. The zero-order valence-corrected chi connectivity index (χ0v) is 9.45. The molecule has 0 aromatic heterocycles. The first-order valence-electron chi connectivity index (χ1n) is 5.49. The third-order valence-electron chi connectivity index (χ3n) is 3.14. The van der Waals surface area contributed by atoms with Crippen molar-refractivity contribution < 1.29 is 14.7 Å². The fourth-order valence-corrected chi connectivity index (χ4v) is 2.16. The van der Waals surface area contributed by atoms with Crippen molar-refractivity contribution in [1.82, 2.24) is 5.32 Å². The largest absolute Gasteiger partial charge is 0.481 e. The molecule has 1 aliphatic rings. The van der Waals surface area contributed by atoms with E-state index in [9.17, 15) is 14.7 Å². The lowest BCUT2D eigenvalue weighted by atomic mass is 9.82. The summed E-state index contributed by atoms with van der Waals surface area (Å²) in [5.74, 6) is 1.25. The highest BCUT2D eigenvalue weighted by Gasteiger charge is 2.42. The molecule has 1 rings (SSSR count). The second-order valence-corrected chi connectivity index (χ2v) is 4.43. The summed E-state index contributed by atoms with van der Waals surface area (Å²) in [6.45, 7) is 1.69.